The van der Waals surface area contributed by atoms with Crippen molar-refractivity contribution in [3.8, 4) is 11.5 Å². The summed E-state index contributed by atoms with van der Waals surface area (Å²) in [7, 11) is 0. The average Bonchev–Trinajstić information content (AvgIpc) is 3.10. The lowest BCUT2D eigenvalue weighted by atomic mass is 10.1. The smallest absolute Gasteiger partial charge is 0.166 e. The Labute approximate surface area is 160 Å². The number of ether oxygens (including phenoxy) is 2. The van der Waals surface area contributed by atoms with Gasteiger partial charge in [0, 0.05) is 19.3 Å². The number of aromatic nitrogens is 2. The van der Waals surface area contributed by atoms with E-state index < -0.39 is 0 Å². The van der Waals surface area contributed by atoms with E-state index in [-0.39, 0.29) is 0 Å². The second-order valence-corrected chi connectivity index (χ2v) is 6.08. The van der Waals surface area contributed by atoms with Crippen molar-refractivity contribution in [3.63, 3.8) is 0 Å². The van der Waals surface area contributed by atoms with Gasteiger partial charge < -0.3 is 20.1 Å². The number of hydrogen-bond donors (Lipinski definition) is 2. The lowest BCUT2D eigenvalue weighted by Crippen LogP contribution is -2.36. The van der Waals surface area contributed by atoms with Crippen LogP contribution in [-0.2, 0) is 19.5 Å². The van der Waals surface area contributed by atoms with Crippen LogP contribution in [0.3, 0.4) is 0 Å². The molecule has 0 spiro atoms. The number of rotatable bonds is 10. The standard InChI is InChI=1S/C19H28N4O2S/c1-4-23-12-10-16(22-23)14-21-19(26)20-11-9-15-7-8-17(24-5-2)18(13-15)25-6-3/h7-8,10,12-13H,4-6,9,11,14H2,1-3H3,(H2,20,21,26). The topological polar surface area (TPSA) is 60.3 Å². The van der Waals surface area contributed by atoms with Crippen LogP contribution in [0.15, 0.2) is 30.5 Å². The predicted octanol–water partition coefficient (Wildman–Crippen LogP) is 2.91. The Kier molecular flexibility index (Phi) is 8.21. The summed E-state index contributed by atoms with van der Waals surface area (Å²) in [6.45, 7) is 9.47. The lowest BCUT2D eigenvalue weighted by Gasteiger charge is -2.13. The third kappa shape index (κ3) is 6.22. The van der Waals surface area contributed by atoms with Crippen molar-refractivity contribution in [3.05, 3.63) is 41.7 Å². The van der Waals surface area contributed by atoms with Crippen LogP contribution in [0.5, 0.6) is 11.5 Å². The van der Waals surface area contributed by atoms with Gasteiger partial charge in [0.05, 0.1) is 25.5 Å². The van der Waals surface area contributed by atoms with Crippen LogP contribution >= 0.6 is 12.2 Å². The molecule has 0 bridgehead atoms. The molecule has 2 N–H and O–H groups in total. The number of benzene rings is 1. The number of nitrogens with one attached hydrogen (secondary N) is 2. The summed E-state index contributed by atoms with van der Waals surface area (Å²) in [6, 6.07) is 8.05. The van der Waals surface area contributed by atoms with Crippen molar-refractivity contribution in [1.82, 2.24) is 20.4 Å². The minimum atomic E-state index is 0.615. The normalized spacial score (nSPS) is 10.4. The predicted molar refractivity (Wildman–Crippen MR) is 108 cm³/mol. The van der Waals surface area contributed by atoms with Gasteiger partial charge in [-0.1, -0.05) is 6.07 Å². The van der Waals surface area contributed by atoms with E-state index in [9.17, 15) is 0 Å². The van der Waals surface area contributed by atoms with E-state index in [2.05, 4.69) is 28.7 Å². The zero-order valence-corrected chi connectivity index (χ0v) is 16.6. The molecule has 6 nitrogen and oxygen atoms in total. The van der Waals surface area contributed by atoms with E-state index in [0.717, 1.165) is 36.7 Å². The molecule has 0 saturated carbocycles. The molecule has 1 aromatic carbocycles. The third-order valence-corrected chi connectivity index (χ3v) is 4.05. The van der Waals surface area contributed by atoms with E-state index in [0.29, 0.717) is 24.9 Å². The first-order valence-corrected chi connectivity index (χ1v) is 9.49. The molecule has 0 aliphatic rings. The van der Waals surface area contributed by atoms with Crippen LogP contribution in [0.2, 0.25) is 0 Å². The Bertz CT molecular complexity index is 703. The average molecular weight is 377 g/mol. The van der Waals surface area contributed by atoms with Gasteiger partial charge in [0.15, 0.2) is 16.6 Å². The molecule has 0 aliphatic heterocycles. The Morgan fingerprint density at radius 3 is 2.54 bits per heavy atom. The Balaban J connectivity index is 1.77. The van der Waals surface area contributed by atoms with Crippen LogP contribution in [0.25, 0.3) is 0 Å². The van der Waals surface area contributed by atoms with Crippen LogP contribution in [0.4, 0.5) is 0 Å². The second-order valence-electron chi connectivity index (χ2n) is 5.67. The third-order valence-electron chi connectivity index (χ3n) is 3.76. The maximum Gasteiger partial charge on any atom is 0.166 e. The van der Waals surface area contributed by atoms with Gasteiger partial charge in [0.1, 0.15) is 0 Å². The highest BCUT2D eigenvalue weighted by molar-refractivity contribution is 7.80. The fourth-order valence-corrected chi connectivity index (χ4v) is 2.65. The molecule has 1 heterocycles. The summed E-state index contributed by atoms with van der Waals surface area (Å²) in [5.41, 5.74) is 2.15. The molecule has 2 aromatic rings. The Hall–Kier alpha value is -2.28. The van der Waals surface area contributed by atoms with Gasteiger partial charge in [0.25, 0.3) is 0 Å². The summed E-state index contributed by atoms with van der Waals surface area (Å²) in [5.74, 6) is 1.58. The fourth-order valence-electron chi connectivity index (χ4n) is 2.48. The summed E-state index contributed by atoms with van der Waals surface area (Å²) in [5, 5.41) is 11.5. The second kappa shape index (κ2) is 10.7. The van der Waals surface area contributed by atoms with Crippen LogP contribution in [0.1, 0.15) is 32.0 Å². The molecule has 1 aromatic heterocycles. The van der Waals surface area contributed by atoms with Gasteiger partial charge in [-0.2, -0.15) is 5.10 Å². The van der Waals surface area contributed by atoms with E-state index >= 15 is 0 Å². The van der Waals surface area contributed by atoms with E-state index in [1.165, 1.54) is 5.56 Å². The van der Waals surface area contributed by atoms with Crippen molar-refractivity contribution in [1.29, 1.82) is 0 Å². The quantitative estimate of drug-likeness (QED) is 0.622. The number of nitrogens with zero attached hydrogens (tertiary/aromatic N) is 2. The molecular weight excluding hydrogens is 348 g/mol. The van der Waals surface area contributed by atoms with Crippen molar-refractivity contribution in [2.75, 3.05) is 19.8 Å². The molecule has 0 unspecified atom stereocenters. The van der Waals surface area contributed by atoms with Crippen molar-refractivity contribution in [2.45, 2.75) is 40.3 Å². The first kappa shape index (κ1) is 20.0. The fraction of sp³-hybridized carbons (Fsp3) is 0.474. The van der Waals surface area contributed by atoms with Gasteiger partial charge in [-0.15, -0.1) is 0 Å². The first-order valence-electron chi connectivity index (χ1n) is 9.08. The highest BCUT2D eigenvalue weighted by Gasteiger charge is 2.06. The molecule has 0 fully saturated rings. The summed E-state index contributed by atoms with van der Waals surface area (Å²) in [4.78, 5) is 0. The van der Waals surface area contributed by atoms with Crippen molar-refractivity contribution < 1.29 is 9.47 Å². The van der Waals surface area contributed by atoms with Gasteiger partial charge in [-0.3, -0.25) is 4.68 Å². The van der Waals surface area contributed by atoms with Gasteiger partial charge in [-0.25, -0.2) is 0 Å². The van der Waals surface area contributed by atoms with E-state index in [4.69, 9.17) is 21.7 Å². The molecular formula is C19H28N4O2S. The Morgan fingerprint density at radius 1 is 1.08 bits per heavy atom. The number of aryl methyl sites for hydroxylation is 1. The maximum atomic E-state index is 5.66. The molecule has 142 valence electrons. The molecule has 26 heavy (non-hydrogen) atoms. The molecule has 0 amide bonds. The molecule has 0 radical (unpaired) electrons. The number of hydrogen-bond acceptors (Lipinski definition) is 4. The minimum absolute atomic E-state index is 0.615. The maximum absolute atomic E-state index is 5.66. The monoisotopic (exact) mass is 376 g/mol. The molecule has 0 saturated heterocycles. The molecule has 0 aliphatic carbocycles. The lowest BCUT2D eigenvalue weighted by molar-refractivity contribution is 0.287. The van der Waals surface area contributed by atoms with Crippen LogP contribution in [0, 0.1) is 0 Å². The van der Waals surface area contributed by atoms with Crippen LogP contribution in [-0.4, -0.2) is 34.7 Å². The van der Waals surface area contributed by atoms with E-state index in [1.54, 1.807) is 0 Å². The summed E-state index contributed by atoms with van der Waals surface area (Å²) < 4.78 is 13.2. The largest absolute Gasteiger partial charge is 0.490 e. The minimum Gasteiger partial charge on any atom is -0.490 e. The van der Waals surface area contributed by atoms with Gasteiger partial charge in [-0.05, 0) is 63.2 Å². The molecule has 0 atom stereocenters. The summed E-state index contributed by atoms with van der Waals surface area (Å²) >= 11 is 5.32. The van der Waals surface area contributed by atoms with Crippen LogP contribution < -0.4 is 20.1 Å². The van der Waals surface area contributed by atoms with Gasteiger partial charge >= 0.3 is 0 Å². The zero-order chi connectivity index (χ0) is 18.8. The van der Waals surface area contributed by atoms with Gasteiger partial charge in [0.2, 0.25) is 0 Å². The van der Waals surface area contributed by atoms with E-state index in [1.807, 2.05) is 42.9 Å². The highest BCUT2D eigenvalue weighted by atomic mass is 32.1. The molecule has 2 rings (SSSR count). The highest BCUT2D eigenvalue weighted by Crippen LogP contribution is 2.28. The zero-order valence-electron chi connectivity index (χ0n) is 15.7. The van der Waals surface area contributed by atoms with Crippen molar-refractivity contribution in [2.24, 2.45) is 0 Å². The molecule has 7 heteroatoms. The SMILES string of the molecule is CCOc1ccc(CCNC(=S)NCc2ccn(CC)n2)cc1OCC. The Morgan fingerprint density at radius 2 is 1.85 bits per heavy atom. The number of thiocarbonyl (C=S) groups is 1. The van der Waals surface area contributed by atoms with Crippen molar-refractivity contribution >= 4 is 17.3 Å². The first-order chi connectivity index (χ1) is 12.7. The summed E-state index contributed by atoms with van der Waals surface area (Å²) in [6.07, 6.45) is 2.81.